The first kappa shape index (κ1) is 11.8. The van der Waals surface area contributed by atoms with Crippen LogP contribution in [0.4, 0.5) is 0 Å². The lowest BCUT2D eigenvalue weighted by molar-refractivity contribution is 0.236. The van der Waals surface area contributed by atoms with Crippen molar-refractivity contribution < 1.29 is 5.11 Å². The molecule has 1 aromatic carbocycles. The molecule has 1 atom stereocenters. The van der Waals surface area contributed by atoms with Crippen LogP contribution in [0.1, 0.15) is 25.5 Å². The van der Waals surface area contributed by atoms with E-state index in [4.69, 9.17) is 5.11 Å². The SMILES string of the molecule is CCc1ccc2ncn(C(C)CO)c(=O)c2c1. The highest BCUT2D eigenvalue weighted by Crippen LogP contribution is 2.11. The molecular formula is C13H16N2O2. The average molecular weight is 232 g/mol. The van der Waals surface area contributed by atoms with E-state index in [1.165, 1.54) is 10.9 Å². The number of aliphatic hydroxyl groups is 1. The Morgan fingerprint density at radius 1 is 1.47 bits per heavy atom. The van der Waals surface area contributed by atoms with Gasteiger partial charge in [-0.1, -0.05) is 13.0 Å². The number of aromatic nitrogens is 2. The molecule has 1 unspecified atom stereocenters. The predicted molar refractivity (Wildman–Crippen MR) is 67.2 cm³/mol. The topological polar surface area (TPSA) is 55.1 Å². The van der Waals surface area contributed by atoms with Gasteiger partial charge in [0, 0.05) is 0 Å². The molecule has 0 saturated carbocycles. The van der Waals surface area contributed by atoms with E-state index in [0.29, 0.717) is 10.9 Å². The first-order valence-corrected chi connectivity index (χ1v) is 5.78. The highest BCUT2D eigenvalue weighted by molar-refractivity contribution is 5.78. The summed E-state index contributed by atoms with van der Waals surface area (Å²) in [6.07, 6.45) is 2.39. The van der Waals surface area contributed by atoms with Crippen LogP contribution in [0, 0.1) is 0 Å². The van der Waals surface area contributed by atoms with Crippen LogP contribution in [-0.2, 0) is 6.42 Å². The third kappa shape index (κ3) is 2.08. The Morgan fingerprint density at radius 3 is 2.88 bits per heavy atom. The van der Waals surface area contributed by atoms with E-state index in [9.17, 15) is 4.79 Å². The van der Waals surface area contributed by atoms with E-state index in [-0.39, 0.29) is 18.2 Å². The molecule has 0 bridgehead atoms. The minimum Gasteiger partial charge on any atom is -0.394 e. The second-order valence-corrected chi connectivity index (χ2v) is 4.19. The molecule has 0 amide bonds. The molecule has 0 saturated heterocycles. The summed E-state index contributed by atoms with van der Waals surface area (Å²) in [7, 11) is 0. The van der Waals surface area contributed by atoms with Crippen LogP contribution in [0.5, 0.6) is 0 Å². The number of nitrogens with zero attached hydrogens (tertiary/aromatic N) is 2. The molecule has 0 aliphatic heterocycles. The summed E-state index contributed by atoms with van der Waals surface area (Å²) in [4.78, 5) is 16.4. The van der Waals surface area contributed by atoms with Crippen molar-refractivity contribution in [3.8, 4) is 0 Å². The fourth-order valence-corrected chi connectivity index (χ4v) is 1.80. The average Bonchev–Trinajstić information content (AvgIpc) is 2.38. The van der Waals surface area contributed by atoms with Crippen LogP contribution in [-0.4, -0.2) is 21.3 Å². The van der Waals surface area contributed by atoms with Gasteiger partial charge in [-0.25, -0.2) is 4.98 Å². The Labute approximate surface area is 99.5 Å². The van der Waals surface area contributed by atoms with Gasteiger partial charge in [0.05, 0.1) is 29.9 Å². The third-order valence-electron chi connectivity index (χ3n) is 2.99. The molecule has 0 aliphatic rings. The number of aryl methyl sites for hydroxylation is 1. The largest absolute Gasteiger partial charge is 0.394 e. The van der Waals surface area contributed by atoms with Crippen LogP contribution < -0.4 is 5.56 Å². The molecule has 90 valence electrons. The zero-order valence-corrected chi connectivity index (χ0v) is 10.1. The van der Waals surface area contributed by atoms with E-state index in [2.05, 4.69) is 4.98 Å². The monoisotopic (exact) mass is 232 g/mol. The van der Waals surface area contributed by atoms with Crippen molar-refractivity contribution in [2.45, 2.75) is 26.3 Å². The van der Waals surface area contributed by atoms with Gasteiger partial charge < -0.3 is 5.11 Å². The van der Waals surface area contributed by atoms with Gasteiger partial charge in [-0.2, -0.15) is 0 Å². The molecule has 17 heavy (non-hydrogen) atoms. The molecule has 2 rings (SSSR count). The highest BCUT2D eigenvalue weighted by Gasteiger charge is 2.09. The van der Waals surface area contributed by atoms with Crippen molar-refractivity contribution in [1.29, 1.82) is 0 Å². The van der Waals surface area contributed by atoms with Crippen LogP contribution in [0.25, 0.3) is 10.9 Å². The van der Waals surface area contributed by atoms with Crippen LogP contribution >= 0.6 is 0 Å². The second kappa shape index (κ2) is 4.67. The van der Waals surface area contributed by atoms with Crippen molar-refractivity contribution in [3.05, 3.63) is 40.4 Å². The lowest BCUT2D eigenvalue weighted by Gasteiger charge is -2.12. The van der Waals surface area contributed by atoms with Gasteiger partial charge in [0.1, 0.15) is 0 Å². The Balaban J connectivity index is 2.68. The Bertz CT molecular complexity index is 589. The van der Waals surface area contributed by atoms with Crippen molar-refractivity contribution in [2.24, 2.45) is 0 Å². The van der Waals surface area contributed by atoms with E-state index in [1.54, 1.807) is 6.92 Å². The smallest absolute Gasteiger partial charge is 0.261 e. The Kier molecular flexibility index (Phi) is 3.24. The Hall–Kier alpha value is -1.68. The molecule has 4 heteroatoms. The zero-order chi connectivity index (χ0) is 12.4. The van der Waals surface area contributed by atoms with Gasteiger partial charge >= 0.3 is 0 Å². The van der Waals surface area contributed by atoms with Crippen LogP contribution in [0.3, 0.4) is 0 Å². The van der Waals surface area contributed by atoms with E-state index >= 15 is 0 Å². The van der Waals surface area contributed by atoms with Crippen LogP contribution in [0.15, 0.2) is 29.3 Å². The van der Waals surface area contributed by atoms with E-state index in [0.717, 1.165) is 12.0 Å². The summed E-state index contributed by atoms with van der Waals surface area (Å²) < 4.78 is 1.47. The number of hydrogen-bond donors (Lipinski definition) is 1. The minimum absolute atomic E-state index is 0.0689. The molecule has 1 heterocycles. The molecule has 0 aliphatic carbocycles. The van der Waals surface area contributed by atoms with Crippen molar-refractivity contribution in [1.82, 2.24) is 9.55 Å². The summed E-state index contributed by atoms with van der Waals surface area (Å²) in [6.45, 7) is 3.77. The molecular weight excluding hydrogens is 216 g/mol. The summed E-state index contributed by atoms with van der Waals surface area (Å²) in [5, 5.41) is 9.72. The zero-order valence-electron chi connectivity index (χ0n) is 10.1. The molecule has 1 N–H and O–H groups in total. The summed E-state index contributed by atoms with van der Waals surface area (Å²) in [5.41, 5.74) is 1.73. The summed E-state index contributed by atoms with van der Waals surface area (Å²) >= 11 is 0. The first-order chi connectivity index (χ1) is 8.17. The third-order valence-corrected chi connectivity index (χ3v) is 2.99. The lowest BCUT2D eigenvalue weighted by atomic mass is 10.1. The predicted octanol–water partition coefficient (Wildman–Crippen LogP) is 1.51. The number of hydrogen-bond acceptors (Lipinski definition) is 3. The molecule has 2 aromatic rings. The standard InChI is InChI=1S/C13H16N2O2/c1-3-10-4-5-12-11(6-10)13(17)15(8-14-12)9(2)7-16/h4-6,8-9,16H,3,7H2,1-2H3. The fraction of sp³-hybridized carbons (Fsp3) is 0.385. The fourth-order valence-electron chi connectivity index (χ4n) is 1.80. The van der Waals surface area contributed by atoms with Gasteiger partial charge in [0.25, 0.3) is 5.56 Å². The molecule has 0 radical (unpaired) electrons. The van der Waals surface area contributed by atoms with Crippen molar-refractivity contribution in [3.63, 3.8) is 0 Å². The highest BCUT2D eigenvalue weighted by atomic mass is 16.3. The van der Waals surface area contributed by atoms with E-state index in [1.807, 2.05) is 25.1 Å². The lowest BCUT2D eigenvalue weighted by Crippen LogP contribution is -2.25. The van der Waals surface area contributed by atoms with Gasteiger partial charge in [0.15, 0.2) is 0 Å². The van der Waals surface area contributed by atoms with Gasteiger partial charge in [-0.05, 0) is 31.0 Å². The molecule has 1 aromatic heterocycles. The number of fused-ring (bicyclic) bond motifs is 1. The van der Waals surface area contributed by atoms with Gasteiger partial charge in [-0.3, -0.25) is 9.36 Å². The van der Waals surface area contributed by atoms with Crippen molar-refractivity contribution in [2.75, 3.05) is 6.61 Å². The normalized spacial score (nSPS) is 12.9. The maximum atomic E-state index is 12.2. The molecule has 4 nitrogen and oxygen atoms in total. The second-order valence-electron chi connectivity index (χ2n) is 4.19. The van der Waals surface area contributed by atoms with E-state index < -0.39 is 0 Å². The van der Waals surface area contributed by atoms with Crippen molar-refractivity contribution >= 4 is 10.9 Å². The number of rotatable bonds is 3. The van der Waals surface area contributed by atoms with Crippen LogP contribution in [0.2, 0.25) is 0 Å². The number of benzene rings is 1. The number of aliphatic hydroxyl groups excluding tert-OH is 1. The first-order valence-electron chi connectivity index (χ1n) is 5.78. The quantitative estimate of drug-likeness (QED) is 0.872. The minimum atomic E-state index is -0.246. The Morgan fingerprint density at radius 2 is 2.24 bits per heavy atom. The van der Waals surface area contributed by atoms with Gasteiger partial charge in [-0.15, -0.1) is 0 Å². The summed E-state index contributed by atoms with van der Waals surface area (Å²) in [5.74, 6) is 0. The summed E-state index contributed by atoms with van der Waals surface area (Å²) in [6, 6.07) is 5.48. The van der Waals surface area contributed by atoms with Gasteiger partial charge in [0.2, 0.25) is 0 Å². The molecule has 0 fully saturated rings. The maximum absolute atomic E-state index is 12.2. The maximum Gasteiger partial charge on any atom is 0.261 e. The molecule has 0 spiro atoms.